The first kappa shape index (κ1) is 17.5. The van der Waals surface area contributed by atoms with Gasteiger partial charge in [0.2, 0.25) is 0 Å². The summed E-state index contributed by atoms with van der Waals surface area (Å²) in [5.74, 6) is 2.27. The van der Waals surface area contributed by atoms with Crippen LogP contribution in [-0.2, 0) is 11.3 Å². The predicted molar refractivity (Wildman–Crippen MR) is 90.1 cm³/mol. The molecule has 0 radical (unpaired) electrons. The molecule has 0 aliphatic carbocycles. The number of hydrogen-bond acceptors (Lipinski definition) is 8. The molecule has 0 spiro atoms. The van der Waals surface area contributed by atoms with Gasteiger partial charge in [-0.3, -0.25) is 0 Å². The number of esters is 1. The molecule has 3 aromatic rings. The van der Waals surface area contributed by atoms with Gasteiger partial charge in [0.15, 0.2) is 6.61 Å². The minimum Gasteiger partial charge on any atom is -0.497 e. The molecule has 3 rings (SSSR count). The number of aryl methyl sites for hydroxylation is 2. The Bertz CT molecular complexity index is 928. The fourth-order valence-corrected chi connectivity index (χ4v) is 2.44. The lowest BCUT2D eigenvalue weighted by atomic mass is 10.2. The maximum absolute atomic E-state index is 12.3. The molecule has 8 heteroatoms. The van der Waals surface area contributed by atoms with Crippen molar-refractivity contribution in [2.45, 2.75) is 20.5 Å². The van der Waals surface area contributed by atoms with Crippen molar-refractivity contribution in [3.63, 3.8) is 0 Å². The highest BCUT2D eigenvalue weighted by Crippen LogP contribution is 2.27. The summed E-state index contributed by atoms with van der Waals surface area (Å²) < 4.78 is 26.5. The van der Waals surface area contributed by atoms with Gasteiger partial charge in [0.1, 0.15) is 28.6 Å². The number of rotatable bonds is 6. The van der Waals surface area contributed by atoms with Gasteiger partial charge < -0.3 is 23.0 Å². The minimum absolute atomic E-state index is 0.156. The minimum atomic E-state index is -0.570. The van der Waals surface area contributed by atoms with Gasteiger partial charge in [-0.1, -0.05) is 0 Å². The Morgan fingerprint density at radius 1 is 1.08 bits per heavy atom. The van der Waals surface area contributed by atoms with E-state index in [1.54, 1.807) is 24.3 Å². The number of aromatic nitrogens is 2. The molecular formula is C18H18N2O6. The Balaban J connectivity index is 1.70. The maximum Gasteiger partial charge on any atom is 0.342 e. The van der Waals surface area contributed by atoms with Crippen LogP contribution in [0.1, 0.15) is 27.8 Å². The lowest BCUT2D eigenvalue weighted by Crippen LogP contribution is -2.07. The number of carbonyl (C=O) groups excluding carboxylic acids is 1. The monoisotopic (exact) mass is 358 g/mol. The molecule has 0 N–H and O–H groups in total. The van der Waals surface area contributed by atoms with Gasteiger partial charge in [-0.05, 0) is 32.0 Å². The van der Waals surface area contributed by atoms with E-state index in [4.69, 9.17) is 23.0 Å². The summed E-state index contributed by atoms with van der Waals surface area (Å²) >= 11 is 0. The second-order valence-corrected chi connectivity index (χ2v) is 5.47. The molecule has 0 fully saturated rings. The summed E-state index contributed by atoms with van der Waals surface area (Å²) in [6, 6.07) is 6.62. The van der Waals surface area contributed by atoms with Crippen molar-refractivity contribution >= 4 is 5.97 Å². The molecule has 2 aromatic heterocycles. The third-order valence-electron chi connectivity index (χ3n) is 3.69. The van der Waals surface area contributed by atoms with Crippen molar-refractivity contribution in [3.05, 3.63) is 47.2 Å². The van der Waals surface area contributed by atoms with Crippen LogP contribution >= 0.6 is 0 Å². The maximum atomic E-state index is 12.3. The molecule has 0 aliphatic rings. The SMILES string of the molecule is COc1ccc(C(=O)OCc2nnc(-c3cc(C)oc3C)o2)c(OC)c1. The van der Waals surface area contributed by atoms with E-state index in [9.17, 15) is 4.79 Å². The number of methoxy groups -OCH3 is 2. The van der Waals surface area contributed by atoms with Crippen LogP contribution in [0.15, 0.2) is 33.1 Å². The zero-order chi connectivity index (χ0) is 18.7. The fraction of sp³-hybridized carbons (Fsp3) is 0.278. The van der Waals surface area contributed by atoms with Crippen LogP contribution in [0.4, 0.5) is 0 Å². The van der Waals surface area contributed by atoms with Crippen LogP contribution in [0.25, 0.3) is 11.5 Å². The molecule has 2 heterocycles. The quantitative estimate of drug-likeness (QED) is 0.619. The highest BCUT2D eigenvalue weighted by Gasteiger charge is 2.18. The lowest BCUT2D eigenvalue weighted by molar-refractivity contribution is 0.0435. The van der Waals surface area contributed by atoms with Crippen LogP contribution < -0.4 is 9.47 Å². The second-order valence-electron chi connectivity index (χ2n) is 5.47. The topological polar surface area (TPSA) is 96.8 Å². The molecule has 136 valence electrons. The van der Waals surface area contributed by atoms with Gasteiger partial charge in [0.05, 0.1) is 19.8 Å². The predicted octanol–water partition coefficient (Wildman–Crippen LogP) is 3.32. The van der Waals surface area contributed by atoms with E-state index < -0.39 is 5.97 Å². The van der Waals surface area contributed by atoms with Crippen molar-refractivity contribution in [2.24, 2.45) is 0 Å². The van der Waals surface area contributed by atoms with Gasteiger partial charge in [0.25, 0.3) is 11.8 Å². The molecule has 0 unspecified atom stereocenters. The van der Waals surface area contributed by atoms with E-state index in [-0.39, 0.29) is 18.1 Å². The Hall–Kier alpha value is -3.29. The number of ether oxygens (including phenoxy) is 3. The number of nitrogens with zero attached hydrogens (tertiary/aromatic N) is 2. The molecule has 1 aromatic carbocycles. The molecule has 0 saturated carbocycles. The van der Waals surface area contributed by atoms with Crippen LogP contribution in [0.3, 0.4) is 0 Å². The first-order valence-corrected chi connectivity index (χ1v) is 7.80. The number of carbonyl (C=O) groups is 1. The first-order valence-electron chi connectivity index (χ1n) is 7.80. The Morgan fingerprint density at radius 3 is 2.54 bits per heavy atom. The van der Waals surface area contributed by atoms with E-state index in [0.717, 1.165) is 5.76 Å². The number of hydrogen-bond donors (Lipinski definition) is 0. The molecule has 0 bridgehead atoms. The Kier molecular flexibility index (Phi) is 4.92. The summed E-state index contributed by atoms with van der Waals surface area (Å²) in [4.78, 5) is 12.3. The lowest BCUT2D eigenvalue weighted by Gasteiger charge is -2.09. The van der Waals surface area contributed by atoms with Crippen molar-refractivity contribution in [1.29, 1.82) is 0 Å². The smallest absolute Gasteiger partial charge is 0.342 e. The van der Waals surface area contributed by atoms with Crippen LogP contribution in [0.5, 0.6) is 11.5 Å². The van der Waals surface area contributed by atoms with E-state index in [0.29, 0.717) is 28.7 Å². The van der Waals surface area contributed by atoms with E-state index in [1.165, 1.54) is 14.2 Å². The molecule has 0 aliphatic heterocycles. The van der Waals surface area contributed by atoms with Crippen molar-refractivity contribution < 1.29 is 27.8 Å². The zero-order valence-corrected chi connectivity index (χ0v) is 14.9. The fourth-order valence-electron chi connectivity index (χ4n) is 2.44. The molecule has 0 amide bonds. The van der Waals surface area contributed by atoms with Gasteiger partial charge in [-0.25, -0.2) is 4.79 Å². The van der Waals surface area contributed by atoms with E-state index in [2.05, 4.69) is 10.2 Å². The molecule has 26 heavy (non-hydrogen) atoms. The van der Waals surface area contributed by atoms with Crippen LogP contribution in [0, 0.1) is 13.8 Å². The molecule has 8 nitrogen and oxygen atoms in total. The van der Waals surface area contributed by atoms with Crippen molar-refractivity contribution in [1.82, 2.24) is 10.2 Å². The zero-order valence-electron chi connectivity index (χ0n) is 14.9. The van der Waals surface area contributed by atoms with Gasteiger partial charge in [-0.2, -0.15) is 0 Å². The Morgan fingerprint density at radius 2 is 1.88 bits per heavy atom. The summed E-state index contributed by atoms with van der Waals surface area (Å²) in [7, 11) is 2.99. The van der Waals surface area contributed by atoms with Gasteiger partial charge in [0, 0.05) is 6.07 Å². The number of benzene rings is 1. The standard InChI is InChI=1S/C18H18N2O6/c1-10-7-14(11(2)25-10)17-20-19-16(26-17)9-24-18(21)13-6-5-12(22-3)8-15(13)23-4/h5-8H,9H2,1-4H3. The average molecular weight is 358 g/mol. The van der Waals surface area contributed by atoms with E-state index >= 15 is 0 Å². The van der Waals surface area contributed by atoms with Crippen molar-refractivity contribution in [3.8, 4) is 23.0 Å². The second kappa shape index (κ2) is 7.30. The van der Waals surface area contributed by atoms with Crippen LogP contribution in [0.2, 0.25) is 0 Å². The van der Waals surface area contributed by atoms with Gasteiger partial charge in [-0.15, -0.1) is 10.2 Å². The highest BCUT2D eigenvalue weighted by atomic mass is 16.5. The average Bonchev–Trinajstić information content (AvgIpc) is 3.24. The van der Waals surface area contributed by atoms with E-state index in [1.807, 2.05) is 13.8 Å². The third kappa shape index (κ3) is 3.53. The normalized spacial score (nSPS) is 10.6. The molecular weight excluding hydrogens is 340 g/mol. The summed E-state index contributed by atoms with van der Waals surface area (Å²) in [5.41, 5.74) is 0.985. The van der Waals surface area contributed by atoms with Gasteiger partial charge >= 0.3 is 5.97 Å². The largest absolute Gasteiger partial charge is 0.497 e. The first-order chi connectivity index (χ1) is 12.5. The summed E-state index contributed by atoms with van der Waals surface area (Å²) in [6.07, 6.45) is 0. The third-order valence-corrected chi connectivity index (χ3v) is 3.69. The highest BCUT2D eigenvalue weighted by molar-refractivity contribution is 5.92. The summed E-state index contributed by atoms with van der Waals surface area (Å²) in [5, 5.41) is 7.85. The summed E-state index contributed by atoms with van der Waals surface area (Å²) in [6.45, 7) is 3.48. The molecule has 0 atom stereocenters. The van der Waals surface area contributed by atoms with Crippen LogP contribution in [-0.4, -0.2) is 30.4 Å². The Labute approximate surface area is 149 Å². The number of furan rings is 1. The molecule has 0 saturated heterocycles. The van der Waals surface area contributed by atoms with Crippen molar-refractivity contribution in [2.75, 3.05) is 14.2 Å².